The number of nitrogens with two attached hydrogens (primary N) is 1. The van der Waals surface area contributed by atoms with Crippen LogP contribution in [0.3, 0.4) is 0 Å². The normalized spacial score (nSPS) is 11.1. The highest BCUT2D eigenvalue weighted by Crippen LogP contribution is 2.08. The van der Waals surface area contributed by atoms with Gasteiger partial charge in [-0.1, -0.05) is 37.3 Å². The minimum Gasteiger partial charge on any atom is -0.480 e. The number of benzene rings is 1. The van der Waals surface area contributed by atoms with Gasteiger partial charge in [-0.2, -0.15) is 0 Å². The summed E-state index contributed by atoms with van der Waals surface area (Å²) in [6.45, 7) is 1.89. The molecule has 0 aromatic heterocycles. The minimum atomic E-state index is -1.00. The smallest absolute Gasteiger partial charge is 0.325 e. The molecule has 0 spiro atoms. The van der Waals surface area contributed by atoms with Gasteiger partial charge < -0.3 is 10.8 Å². The average Bonchev–Trinajstić information content (AvgIpc) is 2.19. The predicted molar refractivity (Wildman–Crippen MR) is 57.4 cm³/mol. The highest BCUT2D eigenvalue weighted by atomic mass is 35.5. The standard InChI is InChI=1S/C8H9NO2.C2H5Cl/c9-7(8(10)11)6-4-2-1-3-5-6;1-2-3/h1-5,7H,9H2,(H,10,11);2H2,1H3/t7-;/m1./s1. The van der Waals surface area contributed by atoms with E-state index in [1.165, 1.54) is 0 Å². The first kappa shape index (κ1) is 12.9. The molecule has 0 unspecified atom stereocenters. The molecule has 4 heteroatoms. The first-order valence-electron chi connectivity index (χ1n) is 4.22. The highest BCUT2D eigenvalue weighted by molar-refractivity contribution is 6.17. The summed E-state index contributed by atoms with van der Waals surface area (Å²) in [6.07, 6.45) is 0. The molecule has 0 fully saturated rings. The lowest BCUT2D eigenvalue weighted by molar-refractivity contribution is -0.138. The fraction of sp³-hybridized carbons (Fsp3) is 0.300. The zero-order chi connectivity index (χ0) is 11.0. The van der Waals surface area contributed by atoms with Crippen LogP contribution >= 0.6 is 11.6 Å². The van der Waals surface area contributed by atoms with Gasteiger partial charge in [-0.25, -0.2) is 0 Å². The molecule has 0 saturated carbocycles. The van der Waals surface area contributed by atoms with E-state index in [0.29, 0.717) is 5.56 Å². The lowest BCUT2D eigenvalue weighted by Crippen LogP contribution is -2.20. The largest absolute Gasteiger partial charge is 0.480 e. The van der Waals surface area contributed by atoms with Crippen LogP contribution in [-0.2, 0) is 4.79 Å². The van der Waals surface area contributed by atoms with Gasteiger partial charge in [0.2, 0.25) is 0 Å². The van der Waals surface area contributed by atoms with Gasteiger partial charge in [-0.05, 0) is 5.56 Å². The highest BCUT2D eigenvalue weighted by Gasteiger charge is 2.12. The number of rotatable bonds is 2. The number of carbonyl (C=O) groups is 1. The van der Waals surface area contributed by atoms with Gasteiger partial charge in [0.15, 0.2) is 0 Å². The summed E-state index contributed by atoms with van der Waals surface area (Å²) in [7, 11) is 0. The van der Waals surface area contributed by atoms with Crippen molar-refractivity contribution in [3.05, 3.63) is 35.9 Å². The summed E-state index contributed by atoms with van der Waals surface area (Å²) < 4.78 is 0. The van der Waals surface area contributed by atoms with Gasteiger partial charge in [0.05, 0.1) is 0 Å². The van der Waals surface area contributed by atoms with Crippen LogP contribution in [0.25, 0.3) is 0 Å². The van der Waals surface area contributed by atoms with Gasteiger partial charge in [0.25, 0.3) is 0 Å². The Morgan fingerprint density at radius 2 is 1.93 bits per heavy atom. The third-order valence-corrected chi connectivity index (χ3v) is 1.42. The van der Waals surface area contributed by atoms with Gasteiger partial charge in [0, 0.05) is 5.88 Å². The van der Waals surface area contributed by atoms with Crippen LogP contribution in [-0.4, -0.2) is 17.0 Å². The Labute approximate surface area is 88.5 Å². The molecule has 78 valence electrons. The van der Waals surface area contributed by atoms with Crippen LogP contribution in [0.2, 0.25) is 0 Å². The average molecular weight is 216 g/mol. The van der Waals surface area contributed by atoms with Crippen molar-refractivity contribution in [2.24, 2.45) is 5.73 Å². The molecule has 3 nitrogen and oxygen atoms in total. The molecule has 1 rings (SSSR count). The Morgan fingerprint density at radius 3 is 2.29 bits per heavy atom. The molecular weight excluding hydrogens is 202 g/mol. The van der Waals surface area contributed by atoms with Crippen LogP contribution < -0.4 is 5.73 Å². The van der Waals surface area contributed by atoms with E-state index in [2.05, 4.69) is 0 Å². The Kier molecular flexibility index (Phi) is 6.80. The Balaban J connectivity index is 0.000000500. The summed E-state index contributed by atoms with van der Waals surface area (Å²) in [6, 6.07) is 7.82. The van der Waals surface area contributed by atoms with Gasteiger partial charge in [0.1, 0.15) is 6.04 Å². The number of hydrogen-bond donors (Lipinski definition) is 2. The maximum absolute atomic E-state index is 10.4. The molecule has 0 bridgehead atoms. The molecule has 0 radical (unpaired) electrons. The molecule has 0 amide bonds. The lowest BCUT2D eigenvalue weighted by atomic mass is 10.1. The summed E-state index contributed by atoms with van der Waals surface area (Å²) >= 11 is 5.00. The summed E-state index contributed by atoms with van der Waals surface area (Å²) in [5.41, 5.74) is 5.96. The fourth-order valence-electron chi connectivity index (χ4n) is 0.803. The van der Waals surface area contributed by atoms with Crippen LogP contribution in [0.5, 0.6) is 0 Å². The zero-order valence-electron chi connectivity index (χ0n) is 7.98. The van der Waals surface area contributed by atoms with Gasteiger partial charge in [-0.15, -0.1) is 11.6 Å². The molecule has 0 aliphatic carbocycles. The number of hydrogen-bond acceptors (Lipinski definition) is 2. The van der Waals surface area contributed by atoms with E-state index in [4.69, 9.17) is 22.4 Å². The molecule has 1 aromatic rings. The van der Waals surface area contributed by atoms with Crippen molar-refractivity contribution >= 4 is 17.6 Å². The maximum atomic E-state index is 10.4. The number of halogens is 1. The minimum absolute atomic E-state index is 0.625. The maximum Gasteiger partial charge on any atom is 0.325 e. The summed E-state index contributed by atoms with van der Waals surface area (Å²) in [5.74, 6) is -0.281. The third kappa shape index (κ3) is 4.84. The van der Waals surface area contributed by atoms with Crippen LogP contribution in [0.15, 0.2) is 30.3 Å². The molecule has 3 N–H and O–H groups in total. The first-order valence-corrected chi connectivity index (χ1v) is 4.76. The van der Waals surface area contributed by atoms with Crippen molar-refractivity contribution < 1.29 is 9.90 Å². The molecule has 0 aliphatic heterocycles. The van der Waals surface area contributed by atoms with E-state index in [9.17, 15) is 4.79 Å². The second kappa shape index (κ2) is 7.35. The van der Waals surface area contributed by atoms with Crippen molar-refractivity contribution in [2.45, 2.75) is 13.0 Å². The molecular formula is C10H14ClNO2. The molecule has 14 heavy (non-hydrogen) atoms. The van der Waals surface area contributed by atoms with Crippen molar-refractivity contribution in [3.63, 3.8) is 0 Å². The second-order valence-corrected chi connectivity index (χ2v) is 3.03. The summed E-state index contributed by atoms with van der Waals surface area (Å²) in [5, 5.41) is 8.51. The Hall–Kier alpha value is -1.06. The number of aliphatic carboxylic acids is 1. The SMILES string of the molecule is CCCl.N[C@@H](C(=O)O)c1ccccc1. The third-order valence-electron chi connectivity index (χ3n) is 1.42. The van der Waals surface area contributed by atoms with E-state index >= 15 is 0 Å². The molecule has 0 saturated heterocycles. The van der Waals surface area contributed by atoms with Gasteiger partial charge >= 0.3 is 5.97 Å². The Morgan fingerprint density at radius 1 is 1.50 bits per heavy atom. The van der Waals surface area contributed by atoms with Crippen LogP contribution in [0.1, 0.15) is 18.5 Å². The summed E-state index contributed by atoms with van der Waals surface area (Å²) in [4.78, 5) is 10.4. The van der Waals surface area contributed by atoms with E-state index in [0.717, 1.165) is 5.88 Å². The van der Waals surface area contributed by atoms with Crippen molar-refractivity contribution in [1.29, 1.82) is 0 Å². The van der Waals surface area contributed by atoms with Crippen LogP contribution in [0.4, 0.5) is 0 Å². The van der Waals surface area contributed by atoms with Gasteiger partial charge in [-0.3, -0.25) is 4.79 Å². The first-order chi connectivity index (χ1) is 6.63. The molecule has 0 heterocycles. The lowest BCUT2D eigenvalue weighted by Gasteiger charge is -2.04. The Bertz CT molecular complexity index is 264. The number of alkyl halides is 1. The van der Waals surface area contributed by atoms with Crippen molar-refractivity contribution in [2.75, 3.05) is 5.88 Å². The molecule has 1 aromatic carbocycles. The predicted octanol–water partition coefficient (Wildman–Crippen LogP) is 2.02. The van der Waals surface area contributed by atoms with Crippen molar-refractivity contribution in [3.8, 4) is 0 Å². The fourth-order valence-corrected chi connectivity index (χ4v) is 0.803. The quantitative estimate of drug-likeness (QED) is 0.742. The molecule has 1 atom stereocenters. The number of carboxylic acid groups (broad SMARTS) is 1. The molecule has 0 aliphatic rings. The zero-order valence-corrected chi connectivity index (χ0v) is 8.74. The van der Waals surface area contributed by atoms with E-state index in [1.54, 1.807) is 24.3 Å². The van der Waals surface area contributed by atoms with E-state index in [-0.39, 0.29) is 0 Å². The monoisotopic (exact) mass is 215 g/mol. The van der Waals surface area contributed by atoms with Crippen molar-refractivity contribution in [1.82, 2.24) is 0 Å². The van der Waals surface area contributed by atoms with E-state index in [1.807, 2.05) is 13.0 Å². The topological polar surface area (TPSA) is 63.3 Å². The van der Waals surface area contributed by atoms with Crippen LogP contribution in [0, 0.1) is 0 Å². The van der Waals surface area contributed by atoms with E-state index < -0.39 is 12.0 Å². The second-order valence-electron chi connectivity index (χ2n) is 2.49. The number of carboxylic acids is 1.